The van der Waals surface area contributed by atoms with Gasteiger partial charge >= 0.3 is 0 Å². The van der Waals surface area contributed by atoms with E-state index in [-0.39, 0.29) is 24.1 Å². The molecule has 1 aliphatic heterocycles. The van der Waals surface area contributed by atoms with Crippen LogP contribution in [-0.4, -0.2) is 21.9 Å². The van der Waals surface area contributed by atoms with Gasteiger partial charge in [-0.05, 0) is 57.5 Å². The van der Waals surface area contributed by atoms with Crippen molar-refractivity contribution < 1.29 is 4.79 Å². The van der Waals surface area contributed by atoms with Crippen LogP contribution in [0.2, 0.25) is 5.02 Å². The molecule has 3 heterocycles. The Bertz CT molecular complexity index is 1250. The van der Waals surface area contributed by atoms with Crippen LogP contribution >= 0.6 is 11.6 Å². The van der Waals surface area contributed by atoms with Crippen LogP contribution in [0.25, 0.3) is 11.3 Å². The number of pyridine rings is 2. The molecule has 1 aliphatic rings. The molecule has 8 heteroatoms. The van der Waals surface area contributed by atoms with Crippen molar-refractivity contribution in [3.05, 3.63) is 79.7 Å². The van der Waals surface area contributed by atoms with Gasteiger partial charge in [0.2, 0.25) is 0 Å². The van der Waals surface area contributed by atoms with Crippen LogP contribution in [0.5, 0.6) is 0 Å². The summed E-state index contributed by atoms with van der Waals surface area (Å²) in [4.78, 5) is 33.2. The maximum absolute atomic E-state index is 13.3. The van der Waals surface area contributed by atoms with Crippen molar-refractivity contribution in [2.45, 2.75) is 46.8 Å². The van der Waals surface area contributed by atoms with E-state index in [0.29, 0.717) is 28.4 Å². The van der Waals surface area contributed by atoms with Crippen LogP contribution < -0.4 is 21.3 Å². The summed E-state index contributed by atoms with van der Waals surface area (Å²) in [6, 6.07) is 11.2. The van der Waals surface area contributed by atoms with Crippen LogP contribution in [-0.2, 0) is 13.1 Å². The van der Waals surface area contributed by atoms with Crippen LogP contribution in [0, 0.1) is 13.8 Å². The fourth-order valence-corrected chi connectivity index (χ4v) is 4.15. The number of aromatic amines is 1. The van der Waals surface area contributed by atoms with Crippen molar-refractivity contribution in [1.29, 1.82) is 0 Å². The van der Waals surface area contributed by atoms with Crippen LogP contribution in [0.3, 0.4) is 0 Å². The lowest BCUT2D eigenvalue weighted by molar-refractivity contribution is 0.0950. The zero-order chi connectivity index (χ0) is 23.0. The number of rotatable bonds is 5. The first-order chi connectivity index (χ1) is 15.2. The van der Waals surface area contributed by atoms with Crippen LogP contribution in [0.15, 0.2) is 41.2 Å². The number of fused-ring (bicyclic) bond motifs is 1. The van der Waals surface area contributed by atoms with Gasteiger partial charge in [0.1, 0.15) is 5.82 Å². The van der Waals surface area contributed by atoms with Crippen LogP contribution in [0.4, 0.5) is 5.82 Å². The zero-order valence-corrected chi connectivity index (χ0v) is 19.3. The monoisotopic (exact) mass is 451 g/mol. The lowest BCUT2D eigenvalue weighted by Crippen LogP contribution is -2.38. The van der Waals surface area contributed by atoms with E-state index in [1.165, 1.54) is 0 Å². The summed E-state index contributed by atoms with van der Waals surface area (Å²) in [7, 11) is 0. The van der Waals surface area contributed by atoms with Gasteiger partial charge in [-0.25, -0.2) is 10.4 Å². The van der Waals surface area contributed by atoms with Crippen molar-refractivity contribution in [2.24, 2.45) is 0 Å². The molecule has 1 aromatic carbocycles. The number of nitrogens with zero attached hydrogens (tertiary/aromatic N) is 2. The summed E-state index contributed by atoms with van der Waals surface area (Å²) >= 11 is 6.19. The fraction of sp³-hybridized carbons (Fsp3) is 0.292. The van der Waals surface area contributed by atoms with Gasteiger partial charge in [0.05, 0.1) is 5.69 Å². The molecule has 0 saturated heterocycles. The first kappa shape index (κ1) is 22.0. The zero-order valence-electron chi connectivity index (χ0n) is 18.5. The number of nitrogens with one attached hydrogen (secondary N) is 3. The number of carbonyl (C=O) groups is 1. The Hall–Kier alpha value is -3.16. The summed E-state index contributed by atoms with van der Waals surface area (Å²) in [6.45, 7) is 8.47. The third-order valence-corrected chi connectivity index (χ3v) is 5.79. The van der Waals surface area contributed by atoms with Gasteiger partial charge in [-0.2, -0.15) is 0 Å². The first-order valence-electron chi connectivity index (χ1n) is 10.5. The molecule has 1 amide bonds. The maximum Gasteiger partial charge on any atom is 0.253 e. The second kappa shape index (κ2) is 8.76. The summed E-state index contributed by atoms with van der Waals surface area (Å²) in [5.74, 6) is 0.477. The number of benzene rings is 1. The third kappa shape index (κ3) is 4.26. The first-order valence-corrected chi connectivity index (χ1v) is 10.9. The smallest absolute Gasteiger partial charge is 0.253 e. The molecule has 0 aliphatic carbocycles. The van der Waals surface area contributed by atoms with E-state index in [0.717, 1.165) is 28.2 Å². The highest BCUT2D eigenvalue weighted by molar-refractivity contribution is 6.30. The van der Waals surface area contributed by atoms with Gasteiger partial charge in [-0.1, -0.05) is 23.7 Å². The number of aryl methyl sites for hydroxylation is 2. The van der Waals surface area contributed by atoms with E-state index >= 15 is 0 Å². The molecular formula is C24H26ClN5O2. The van der Waals surface area contributed by atoms with Gasteiger partial charge in [0.15, 0.2) is 0 Å². The van der Waals surface area contributed by atoms with E-state index < -0.39 is 0 Å². The number of carbonyl (C=O) groups excluding carboxylic acids is 1. The molecule has 0 unspecified atom stereocenters. The van der Waals surface area contributed by atoms with Gasteiger partial charge in [0.25, 0.3) is 11.5 Å². The normalized spacial score (nSPS) is 12.9. The average Bonchev–Trinajstić information content (AvgIpc) is 3.16. The molecule has 2 aromatic heterocycles. The number of anilines is 1. The molecule has 4 rings (SSSR count). The van der Waals surface area contributed by atoms with Crippen molar-refractivity contribution in [1.82, 2.24) is 20.7 Å². The Morgan fingerprint density at radius 3 is 2.72 bits per heavy atom. The van der Waals surface area contributed by atoms with Crippen molar-refractivity contribution in [3.8, 4) is 11.3 Å². The van der Waals surface area contributed by atoms with Gasteiger partial charge in [-0.15, -0.1) is 0 Å². The molecule has 0 bridgehead atoms. The fourth-order valence-electron chi connectivity index (χ4n) is 3.96. The Morgan fingerprint density at radius 1 is 1.25 bits per heavy atom. The number of H-pyrrole nitrogens is 1. The molecule has 7 nitrogen and oxygen atoms in total. The number of amides is 1. The number of halogens is 1. The number of hydrazine groups is 1. The number of aromatic nitrogens is 2. The summed E-state index contributed by atoms with van der Waals surface area (Å²) in [5, 5.41) is 5.49. The largest absolute Gasteiger partial charge is 0.348 e. The lowest BCUT2D eigenvalue weighted by Gasteiger charge is -2.23. The summed E-state index contributed by atoms with van der Waals surface area (Å²) < 4.78 is 0. The molecule has 0 radical (unpaired) electrons. The third-order valence-electron chi connectivity index (χ3n) is 5.56. The predicted molar refractivity (Wildman–Crippen MR) is 127 cm³/mol. The Kier molecular flexibility index (Phi) is 6.04. The second-order valence-electron chi connectivity index (χ2n) is 8.29. The molecule has 0 saturated carbocycles. The topological polar surface area (TPSA) is 90.1 Å². The van der Waals surface area contributed by atoms with E-state index in [1.54, 1.807) is 12.1 Å². The molecule has 3 N–H and O–H groups in total. The van der Waals surface area contributed by atoms with E-state index in [1.807, 2.05) is 43.1 Å². The average molecular weight is 452 g/mol. The van der Waals surface area contributed by atoms with Crippen molar-refractivity contribution in [2.75, 3.05) is 5.01 Å². The predicted octanol–water partition coefficient (Wildman–Crippen LogP) is 3.87. The number of hydrogen-bond donors (Lipinski definition) is 3. The van der Waals surface area contributed by atoms with E-state index in [4.69, 9.17) is 16.6 Å². The molecule has 0 atom stereocenters. The second-order valence-corrected chi connectivity index (χ2v) is 8.73. The minimum absolute atomic E-state index is 0.144. The van der Waals surface area contributed by atoms with Crippen LogP contribution in [0.1, 0.15) is 46.6 Å². The van der Waals surface area contributed by atoms with Crippen molar-refractivity contribution >= 4 is 23.3 Å². The van der Waals surface area contributed by atoms with E-state index in [2.05, 4.69) is 29.6 Å². The summed E-state index contributed by atoms with van der Waals surface area (Å²) in [5.41, 5.74) is 8.17. The summed E-state index contributed by atoms with van der Waals surface area (Å²) in [6.07, 6.45) is 0. The molecule has 0 fully saturated rings. The highest BCUT2D eigenvalue weighted by atomic mass is 35.5. The highest BCUT2D eigenvalue weighted by Crippen LogP contribution is 2.32. The maximum atomic E-state index is 13.3. The molecule has 32 heavy (non-hydrogen) atoms. The molecule has 0 spiro atoms. The quantitative estimate of drug-likeness (QED) is 0.548. The molecule has 3 aromatic rings. The standard InChI is InChI=1S/C24H26ClN5O2/c1-13(2)30-22-20(12-27-30)18(10-21(29-22)16-6-5-7-17(25)9-16)23(31)26-11-19-14(3)8-15(4)28-24(19)32/h5-10,13,27H,11-12H2,1-4H3,(H,26,31)(H,28,32). The Balaban J connectivity index is 1.72. The molecular weight excluding hydrogens is 426 g/mol. The van der Waals surface area contributed by atoms with Crippen molar-refractivity contribution in [3.63, 3.8) is 0 Å². The highest BCUT2D eigenvalue weighted by Gasteiger charge is 2.29. The van der Waals surface area contributed by atoms with E-state index in [9.17, 15) is 9.59 Å². The Morgan fingerprint density at radius 2 is 2.03 bits per heavy atom. The minimum Gasteiger partial charge on any atom is -0.348 e. The minimum atomic E-state index is -0.251. The van der Waals surface area contributed by atoms with Gasteiger partial charge < -0.3 is 10.3 Å². The van der Waals surface area contributed by atoms with Gasteiger partial charge in [-0.3, -0.25) is 14.6 Å². The molecule has 166 valence electrons. The SMILES string of the molecule is Cc1cc(C)c(CNC(=O)c2cc(-c3cccc(Cl)c3)nc3c2CNN3C(C)C)c(=O)[nH]1. The Labute approximate surface area is 191 Å². The van der Waals surface area contributed by atoms with Gasteiger partial charge in [0, 0.05) is 52.1 Å². The number of hydrogen-bond acceptors (Lipinski definition) is 5. The lowest BCUT2D eigenvalue weighted by atomic mass is 10.0.